The minimum Gasteiger partial charge on any atom is -0.492 e. The number of fused-ring (bicyclic) bond motifs is 1. The Morgan fingerprint density at radius 1 is 1.25 bits per heavy atom. The molecule has 0 saturated carbocycles. The van der Waals surface area contributed by atoms with Gasteiger partial charge in [-0.05, 0) is 30.7 Å². The normalized spacial score (nSPS) is 16.7. The van der Waals surface area contributed by atoms with Crippen LogP contribution >= 0.6 is 0 Å². The van der Waals surface area contributed by atoms with E-state index < -0.39 is 0 Å². The largest absolute Gasteiger partial charge is 0.492 e. The fourth-order valence-corrected chi connectivity index (χ4v) is 2.66. The van der Waals surface area contributed by atoms with Crippen LogP contribution in [0.5, 0.6) is 5.75 Å². The van der Waals surface area contributed by atoms with Gasteiger partial charge in [0.05, 0.1) is 13.2 Å². The van der Waals surface area contributed by atoms with Gasteiger partial charge < -0.3 is 14.0 Å². The van der Waals surface area contributed by atoms with Gasteiger partial charge in [-0.25, -0.2) is 0 Å². The number of benzene rings is 1. The van der Waals surface area contributed by atoms with Gasteiger partial charge in [0.1, 0.15) is 12.4 Å². The lowest BCUT2D eigenvalue weighted by Crippen LogP contribution is -2.38. The number of aryl methyl sites for hydroxylation is 2. The molecule has 1 fully saturated rings. The van der Waals surface area contributed by atoms with Crippen molar-refractivity contribution in [2.45, 2.75) is 6.92 Å². The number of hydrogen-bond acceptors (Lipinski definition) is 3. The first kappa shape index (κ1) is 13.5. The summed E-state index contributed by atoms with van der Waals surface area (Å²) in [6.45, 7) is 7.52. The Hall–Kier alpha value is -1.52. The summed E-state index contributed by atoms with van der Waals surface area (Å²) in [5, 5.41) is 1.24. The van der Waals surface area contributed by atoms with Gasteiger partial charge in [0.15, 0.2) is 0 Å². The molecule has 0 spiro atoms. The molecule has 0 atom stereocenters. The number of ether oxygens (including phenoxy) is 2. The van der Waals surface area contributed by atoms with Gasteiger partial charge in [0, 0.05) is 43.8 Å². The van der Waals surface area contributed by atoms with Crippen molar-refractivity contribution in [3.8, 4) is 5.75 Å². The van der Waals surface area contributed by atoms with Gasteiger partial charge in [0.2, 0.25) is 0 Å². The molecule has 0 unspecified atom stereocenters. The Balaban J connectivity index is 1.63. The molecular weight excluding hydrogens is 252 g/mol. The molecule has 108 valence electrons. The topological polar surface area (TPSA) is 26.6 Å². The molecule has 0 N–H and O–H groups in total. The third kappa shape index (κ3) is 2.81. The van der Waals surface area contributed by atoms with Crippen LogP contribution in [0, 0.1) is 6.92 Å². The SMILES string of the molecule is Cc1cc2c(ccn2C)cc1OCCN1CCOCC1. The average molecular weight is 274 g/mol. The summed E-state index contributed by atoms with van der Waals surface area (Å²) in [6.07, 6.45) is 2.08. The lowest BCUT2D eigenvalue weighted by molar-refractivity contribution is 0.0322. The molecule has 3 rings (SSSR count). The molecule has 2 aromatic rings. The van der Waals surface area contributed by atoms with Crippen LogP contribution < -0.4 is 4.74 Å². The second kappa shape index (κ2) is 5.85. The van der Waals surface area contributed by atoms with Crippen molar-refractivity contribution < 1.29 is 9.47 Å². The van der Waals surface area contributed by atoms with Crippen LogP contribution in [-0.4, -0.2) is 48.9 Å². The van der Waals surface area contributed by atoms with Gasteiger partial charge in [-0.2, -0.15) is 0 Å². The van der Waals surface area contributed by atoms with Crippen LogP contribution in [-0.2, 0) is 11.8 Å². The molecule has 1 saturated heterocycles. The van der Waals surface area contributed by atoms with E-state index in [4.69, 9.17) is 9.47 Å². The zero-order valence-corrected chi connectivity index (χ0v) is 12.3. The summed E-state index contributed by atoms with van der Waals surface area (Å²) in [5.41, 5.74) is 2.45. The van der Waals surface area contributed by atoms with Crippen molar-refractivity contribution in [3.05, 3.63) is 30.0 Å². The molecule has 0 bridgehead atoms. The van der Waals surface area contributed by atoms with Gasteiger partial charge in [-0.1, -0.05) is 0 Å². The Morgan fingerprint density at radius 2 is 2.05 bits per heavy atom. The predicted molar refractivity (Wildman–Crippen MR) is 80.4 cm³/mol. The van der Waals surface area contributed by atoms with E-state index in [0.29, 0.717) is 0 Å². The summed E-state index contributed by atoms with van der Waals surface area (Å²) in [7, 11) is 2.07. The maximum atomic E-state index is 5.97. The van der Waals surface area contributed by atoms with Crippen molar-refractivity contribution in [1.82, 2.24) is 9.47 Å². The highest BCUT2D eigenvalue weighted by Gasteiger charge is 2.10. The molecule has 0 aliphatic carbocycles. The zero-order valence-electron chi connectivity index (χ0n) is 12.3. The molecule has 2 heterocycles. The number of aromatic nitrogens is 1. The molecule has 20 heavy (non-hydrogen) atoms. The van der Waals surface area contributed by atoms with Crippen LogP contribution in [0.3, 0.4) is 0 Å². The van der Waals surface area contributed by atoms with E-state index in [-0.39, 0.29) is 0 Å². The van der Waals surface area contributed by atoms with E-state index in [2.05, 4.69) is 47.8 Å². The first-order valence-corrected chi connectivity index (χ1v) is 7.22. The quantitative estimate of drug-likeness (QED) is 0.855. The van der Waals surface area contributed by atoms with Crippen molar-refractivity contribution in [2.24, 2.45) is 7.05 Å². The fraction of sp³-hybridized carbons (Fsp3) is 0.500. The van der Waals surface area contributed by atoms with Gasteiger partial charge in [-0.15, -0.1) is 0 Å². The summed E-state index contributed by atoms with van der Waals surface area (Å²) in [5.74, 6) is 0.997. The van der Waals surface area contributed by atoms with E-state index >= 15 is 0 Å². The molecule has 1 aliphatic rings. The smallest absolute Gasteiger partial charge is 0.123 e. The molecule has 0 amide bonds. The molecule has 1 aliphatic heterocycles. The third-order valence-corrected chi connectivity index (χ3v) is 3.95. The highest BCUT2D eigenvalue weighted by atomic mass is 16.5. The van der Waals surface area contributed by atoms with E-state index in [1.807, 2.05) is 0 Å². The van der Waals surface area contributed by atoms with Gasteiger partial charge >= 0.3 is 0 Å². The van der Waals surface area contributed by atoms with Crippen molar-refractivity contribution >= 4 is 10.9 Å². The van der Waals surface area contributed by atoms with Crippen molar-refractivity contribution in [3.63, 3.8) is 0 Å². The van der Waals surface area contributed by atoms with Gasteiger partial charge in [0.25, 0.3) is 0 Å². The van der Waals surface area contributed by atoms with Crippen LogP contribution in [0.25, 0.3) is 10.9 Å². The molecular formula is C16H22N2O2. The van der Waals surface area contributed by atoms with E-state index in [1.54, 1.807) is 0 Å². The Bertz CT molecular complexity index is 585. The number of morpholine rings is 1. The van der Waals surface area contributed by atoms with Gasteiger partial charge in [-0.3, -0.25) is 4.90 Å². The minimum atomic E-state index is 0.735. The maximum absolute atomic E-state index is 5.97. The summed E-state index contributed by atoms with van der Waals surface area (Å²) in [6, 6.07) is 6.47. The van der Waals surface area contributed by atoms with E-state index in [1.165, 1.54) is 16.5 Å². The monoisotopic (exact) mass is 274 g/mol. The standard InChI is InChI=1S/C16H22N2O2/c1-13-11-15-14(3-4-17(15)2)12-16(13)20-10-7-18-5-8-19-9-6-18/h3-4,11-12H,5-10H2,1-2H3. The minimum absolute atomic E-state index is 0.735. The Labute approximate surface area is 119 Å². The lowest BCUT2D eigenvalue weighted by atomic mass is 10.1. The van der Waals surface area contributed by atoms with Crippen molar-refractivity contribution in [1.29, 1.82) is 0 Å². The van der Waals surface area contributed by atoms with E-state index in [9.17, 15) is 0 Å². The maximum Gasteiger partial charge on any atom is 0.123 e. The Morgan fingerprint density at radius 3 is 2.85 bits per heavy atom. The lowest BCUT2D eigenvalue weighted by Gasteiger charge is -2.26. The first-order valence-electron chi connectivity index (χ1n) is 7.22. The molecule has 1 aromatic heterocycles. The third-order valence-electron chi connectivity index (χ3n) is 3.95. The second-order valence-corrected chi connectivity index (χ2v) is 5.41. The number of hydrogen-bond donors (Lipinski definition) is 0. The predicted octanol–water partition coefficient (Wildman–Crippen LogP) is 2.20. The van der Waals surface area contributed by atoms with Crippen LogP contribution in [0.1, 0.15) is 5.56 Å². The number of nitrogens with zero attached hydrogens (tertiary/aromatic N) is 2. The summed E-state index contributed by atoms with van der Waals surface area (Å²) in [4.78, 5) is 2.39. The molecule has 1 aromatic carbocycles. The summed E-state index contributed by atoms with van der Waals surface area (Å²) >= 11 is 0. The second-order valence-electron chi connectivity index (χ2n) is 5.41. The fourth-order valence-electron chi connectivity index (χ4n) is 2.66. The molecule has 4 nitrogen and oxygen atoms in total. The van der Waals surface area contributed by atoms with E-state index in [0.717, 1.165) is 45.2 Å². The van der Waals surface area contributed by atoms with Crippen LogP contribution in [0.2, 0.25) is 0 Å². The molecule has 0 radical (unpaired) electrons. The first-order chi connectivity index (χ1) is 9.74. The molecule has 4 heteroatoms. The number of rotatable bonds is 4. The van der Waals surface area contributed by atoms with Crippen LogP contribution in [0.4, 0.5) is 0 Å². The highest BCUT2D eigenvalue weighted by molar-refractivity contribution is 5.82. The van der Waals surface area contributed by atoms with Crippen molar-refractivity contribution in [2.75, 3.05) is 39.5 Å². The Kier molecular flexibility index (Phi) is 3.94. The summed E-state index contributed by atoms with van der Waals surface area (Å²) < 4.78 is 13.5. The van der Waals surface area contributed by atoms with Crippen LogP contribution in [0.15, 0.2) is 24.4 Å². The zero-order chi connectivity index (χ0) is 13.9. The highest BCUT2D eigenvalue weighted by Crippen LogP contribution is 2.25. The average Bonchev–Trinajstić information content (AvgIpc) is 2.81.